The molecule has 0 aromatic heterocycles. The Morgan fingerprint density at radius 3 is 2.90 bits per heavy atom. The lowest BCUT2D eigenvalue weighted by atomic mass is 9.54. The van der Waals surface area contributed by atoms with Gasteiger partial charge in [0.2, 0.25) is 5.91 Å². The van der Waals surface area contributed by atoms with Crippen LogP contribution in [0, 0.1) is 29.0 Å². The third-order valence-electron chi connectivity index (χ3n) is 8.55. The number of Topliss-reactive ketones (excluding diaryl/α,β-unsaturated/α-hetero) is 1. The van der Waals surface area contributed by atoms with Crippen LogP contribution in [-0.4, -0.2) is 30.9 Å². The van der Waals surface area contributed by atoms with E-state index in [1.54, 1.807) is 6.07 Å². The standard InChI is InChI=1S/C25H32FNO3/c1-25-11-10-18-17-5-3-6-21(26)19(17)8-9-20(18)24(25)15(12-22(25)28)4-2-7-23(29)27-16-13-30-14-16/h3,5-6,15-16,18,20,24H,2,4,7-14H2,1H3,(H,27,29)/t15-,18?,20?,24?,25-/m1/s1. The molecule has 30 heavy (non-hydrogen) atoms. The van der Waals surface area contributed by atoms with Crippen LogP contribution in [0.1, 0.15) is 68.9 Å². The molecule has 0 radical (unpaired) electrons. The van der Waals surface area contributed by atoms with Crippen LogP contribution < -0.4 is 5.32 Å². The fraction of sp³-hybridized carbons (Fsp3) is 0.680. The highest BCUT2D eigenvalue weighted by molar-refractivity contribution is 5.87. The highest BCUT2D eigenvalue weighted by atomic mass is 19.1. The molecule has 1 N–H and O–H groups in total. The molecule has 4 aliphatic rings. The predicted octanol–water partition coefficient (Wildman–Crippen LogP) is 4.16. The fourth-order valence-electron chi connectivity index (χ4n) is 7.04. The number of ketones is 1. The van der Waals surface area contributed by atoms with Crippen LogP contribution in [0.5, 0.6) is 0 Å². The molecule has 2 saturated carbocycles. The molecule has 5 heteroatoms. The SMILES string of the molecule is C[C@]12CCC3c4cccc(F)c4CCC3C1[C@H](CCCC(=O)NC1COC1)CC2=O. The molecule has 1 aromatic rings. The summed E-state index contributed by atoms with van der Waals surface area (Å²) in [5, 5.41) is 3.01. The van der Waals surface area contributed by atoms with Crippen LogP contribution in [0.15, 0.2) is 18.2 Å². The smallest absolute Gasteiger partial charge is 0.220 e. The molecule has 3 unspecified atom stereocenters. The topological polar surface area (TPSA) is 55.4 Å². The second kappa shape index (κ2) is 7.74. The Kier molecular flexibility index (Phi) is 5.20. The number of benzene rings is 1. The number of carbonyl (C=O) groups is 2. The molecule has 0 spiro atoms. The normalized spacial score (nSPS) is 35.2. The van der Waals surface area contributed by atoms with E-state index in [0.29, 0.717) is 55.5 Å². The molecular weight excluding hydrogens is 381 g/mol. The number of fused-ring (bicyclic) bond motifs is 5. The van der Waals surface area contributed by atoms with Crippen LogP contribution >= 0.6 is 0 Å². The second-order valence-electron chi connectivity index (χ2n) is 10.2. The van der Waals surface area contributed by atoms with Gasteiger partial charge < -0.3 is 10.1 Å². The summed E-state index contributed by atoms with van der Waals surface area (Å²) in [6.07, 6.45) is 6.58. The second-order valence-corrected chi connectivity index (χ2v) is 10.2. The molecule has 1 saturated heterocycles. The van der Waals surface area contributed by atoms with Crippen molar-refractivity contribution in [2.75, 3.05) is 13.2 Å². The summed E-state index contributed by atoms with van der Waals surface area (Å²) >= 11 is 0. The van der Waals surface area contributed by atoms with Crippen molar-refractivity contribution in [3.8, 4) is 0 Å². The molecule has 3 fully saturated rings. The first-order valence-electron chi connectivity index (χ1n) is 11.6. The minimum atomic E-state index is -0.234. The Morgan fingerprint density at radius 1 is 1.30 bits per heavy atom. The Balaban J connectivity index is 1.30. The quantitative estimate of drug-likeness (QED) is 0.789. The van der Waals surface area contributed by atoms with Crippen LogP contribution in [0.2, 0.25) is 0 Å². The zero-order valence-corrected chi connectivity index (χ0v) is 17.8. The molecule has 5 rings (SSSR count). The van der Waals surface area contributed by atoms with E-state index >= 15 is 0 Å². The Morgan fingerprint density at radius 2 is 2.13 bits per heavy atom. The van der Waals surface area contributed by atoms with E-state index in [1.807, 2.05) is 6.07 Å². The minimum Gasteiger partial charge on any atom is -0.377 e. The largest absolute Gasteiger partial charge is 0.377 e. The highest BCUT2D eigenvalue weighted by Crippen LogP contribution is 2.62. The summed E-state index contributed by atoms with van der Waals surface area (Å²) in [7, 11) is 0. The van der Waals surface area contributed by atoms with Crippen molar-refractivity contribution in [1.82, 2.24) is 5.32 Å². The number of nitrogens with one attached hydrogen (secondary N) is 1. The number of ether oxygens (including phenoxy) is 1. The van der Waals surface area contributed by atoms with Gasteiger partial charge in [0.05, 0.1) is 19.3 Å². The molecule has 162 valence electrons. The molecular formula is C25H32FNO3. The van der Waals surface area contributed by atoms with Crippen LogP contribution in [0.4, 0.5) is 4.39 Å². The van der Waals surface area contributed by atoms with Crippen molar-refractivity contribution in [3.63, 3.8) is 0 Å². The van der Waals surface area contributed by atoms with Crippen LogP contribution in [-0.2, 0) is 20.7 Å². The zero-order chi connectivity index (χ0) is 20.9. The first kappa shape index (κ1) is 20.2. The Bertz CT molecular complexity index is 851. The summed E-state index contributed by atoms with van der Waals surface area (Å²) in [5.41, 5.74) is 1.86. The summed E-state index contributed by atoms with van der Waals surface area (Å²) in [6.45, 7) is 3.42. The first-order chi connectivity index (χ1) is 14.5. The number of hydrogen-bond acceptors (Lipinski definition) is 3. The van der Waals surface area contributed by atoms with E-state index in [0.717, 1.165) is 44.1 Å². The molecule has 1 aromatic carbocycles. The van der Waals surface area contributed by atoms with Crippen molar-refractivity contribution >= 4 is 11.7 Å². The van der Waals surface area contributed by atoms with Gasteiger partial charge in [-0.2, -0.15) is 0 Å². The monoisotopic (exact) mass is 413 g/mol. The third kappa shape index (κ3) is 3.30. The highest BCUT2D eigenvalue weighted by Gasteiger charge is 2.58. The Labute approximate surface area is 177 Å². The number of hydrogen-bond donors (Lipinski definition) is 1. The van der Waals surface area contributed by atoms with Gasteiger partial charge in [0, 0.05) is 18.3 Å². The van der Waals surface area contributed by atoms with E-state index in [-0.39, 0.29) is 23.2 Å². The van der Waals surface area contributed by atoms with Gasteiger partial charge in [0.15, 0.2) is 0 Å². The van der Waals surface area contributed by atoms with Crippen LogP contribution in [0.3, 0.4) is 0 Å². The summed E-state index contributed by atoms with van der Waals surface area (Å²) in [4.78, 5) is 25.2. The summed E-state index contributed by atoms with van der Waals surface area (Å²) in [6, 6.07) is 5.70. The van der Waals surface area contributed by atoms with Gasteiger partial charge in [-0.15, -0.1) is 0 Å². The van der Waals surface area contributed by atoms with Gasteiger partial charge in [-0.25, -0.2) is 4.39 Å². The van der Waals surface area contributed by atoms with Crippen LogP contribution in [0.25, 0.3) is 0 Å². The number of rotatable bonds is 5. The van der Waals surface area contributed by atoms with E-state index in [2.05, 4.69) is 18.3 Å². The minimum absolute atomic E-state index is 0.0683. The maximum Gasteiger partial charge on any atom is 0.220 e. The average Bonchev–Trinajstić information content (AvgIpc) is 2.95. The third-order valence-corrected chi connectivity index (χ3v) is 8.55. The van der Waals surface area contributed by atoms with E-state index in [4.69, 9.17) is 4.74 Å². The first-order valence-corrected chi connectivity index (χ1v) is 11.6. The number of amides is 1. The van der Waals surface area contributed by atoms with E-state index < -0.39 is 0 Å². The van der Waals surface area contributed by atoms with Gasteiger partial charge in [0.25, 0.3) is 0 Å². The lowest BCUT2D eigenvalue weighted by Crippen LogP contribution is -2.48. The number of halogens is 1. The van der Waals surface area contributed by atoms with Gasteiger partial charge in [-0.05, 0) is 79.4 Å². The van der Waals surface area contributed by atoms with Gasteiger partial charge >= 0.3 is 0 Å². The lowest BCUT2D eigenvalue weighted by Gasteiger charge is -2.50. The van der Waals surface area contributed by atoms with Crippen molar-refractivity contribution in [2.24, 2.45) is 23.2 Å². The van der Waals surface area contributed by atoms with E-state index in [1.165, 1.54) is 5.56 Å². The van der Waals surface area contributed by atoms with Gasteiger partial charge in [-0.3, -0.25) is 9.59 Å². The predicted molar refractivity (Wildman–Crippen MR) is 111 cm³/mol. The molecule has 1 amide bonds. The lowest BCUT2D eigenvalue weighted by molar-refractivity contribution is -0.129. The van der Waals surface area contributed by atoms with E-state index in [9.17, 15) is 14.0 Å². The van der Waals surface area contributed by atoms with Crippen molar-refractivity contribution in [1.29, 1.82) is 0 Å². The summed E-state index contributed by atoms with van der Waals surface area (Å²) < 4.78 is 19.5. The average molecular weight is 414 g/mol. The van der Waals surface area contributed by atoms with Gasteiger partial charge in [-0.1, -0.05) is 19.1 Å². The molecule has 1 heterocycles. The fourth-order valence-corrected chi connectivity index (χ4v) is 7.04. The van der Waals surface area contributed by atoms with Crippen molar-refractivity contribution in [3.05, 3.63) is 35.1 Å². The maximum absolute atomic E-state index is 14.4. The molecule has 5 atom stereocenters. The zero-order valence-electron chi connectivity index (χ0n) is 17.8. The van der Waals surface area contributed by atoms with Gasteiger partial charge in [0.1, 0.15) is 11.6 Å². The Hall–Kier alpha value is -1.75. The molecule has 3 aliphatic carbocycles. The molecule has 1 aliphatic heterocycles. The molecule has 0 bridgehead atoms. The maximum atomic E-state index is 14.4. The van der Waals surface area contributed by atoms with Crippen molar-refractivity contribution in [2.45, 2.75) is 70.3 Å². The number of carbonyl (C=O) groups excluding carboxylic acids is 2. The van der Waals surface area contributed by atoms with Crippen molar-refractivity contribution < 1.29 is 18.7 Å². The molecule has 4 nitrogen and oxygen atoms in total. The summed E-state index contributed by atoms with van der Waals surface area (Å²) in [5.74, 6) is 1.99.